The second-order valence-corrected chi connectivity index (χ2v) is 7.33. The average molecular weight is 335 g/mol. The molecule has 0 amide bonds. The molecule has 0 fully saturated rings. The normalized spacial score (nSPS) is 17.1. The summed E-state index contributed by atoms with van der Waals surface area (Å²) in [5.74, 6) is 0. The van der Waals surface area contributed by atoms with Crippen molar-refractivity contribution in [3.63, 3.8) is 0 Å². The number of nitrogens with one attached hydrogen (secondary N) is 1. The molecule has 1 aliphatic rings. The maximum atomic E-state index is 6.22. The zero-order valence-electron chi connectivity index (χ0n) is 11.1. The van der Waals surface area contributed by atoms with Gasteiger partial charge < -0.3 is 5.32 Å². The molecule has 2 aromatic heterocycles. The zero-order valence-corrected chi connectivity index (χ0v) is 13.4. The van der Waals surface area contributed by atoms with Gasteiger partial charge in [-0.05, 0) is 48.7 Å². The minimum atomic E-state index is 0.313. The van der Waals surface area contributed by atoms with Crippen molar-refractivity contribution >= 4 is 51.1 Å². The lowest BCUT2D eigenvalue weighted by Crippen LogP contribution is -2.07. The summed E-state index contributed by atoms with van der Waals surface area (Å²) in [4.78, 5) is 5.77. The number of pyridine rings is 1. The van der Waals surface area contributed by atoms with Gasteiger partial charge in [-0.3, -0.25) is 4.98 Å². The molecule has 0 spiro atoms. The molecule has 0 saturated carbocycles. The Labute approximate surface area is 136 Å². The van der Waals surface area contributed by atoms with E-state index in [2.05, 4.69) is 16.4 Å². The number of benzene rings is 1. The molecule has 0 radical (unpaired) electrons. The van der Waals surface area contributed by atoms with Crippen LogP contribution in [0.15, 0.2) is 36.5 Å². The summed E-state index contributed by atoms with van der Waals surface area (Å²) in [5.41, 5.74) is 3.24. The van der Waals surface area contributed by atoms with Gasteiger partial charge in [0.05, 0.1) is 20.9 Å². The molecule has 1 unspecified atom stereocenters. The second kappa shape index (κ2) is 5.16. The number of aromatic nitrogens is 1. The lowest BCUT2D eigenvalue weighted by atomic mass is 10.1. The van der Waals surface area contributed by atoms with Crippen LogP contribution >= 0.6 is 34.5 Å². The molecule has 4 rings (SSSR count). The molecule has 0 bridgehead atoms. The Morgan fingerprint density at radius 3 is 3.05 bits per heavy atom. The third-order valence-electron chi connectivity index (χ3n) is 3.90. The SMILES string of the molecule is Clc1cc2c(s1)CCC2Nc1ccc(Cl)c2ncccc12. The van der Waals surface area contributed by atoms with Crippen molar-refractivity contribution in [3.8, 4) is 0 Å². The zero-order chi connectivity index (χ0) is 14.4. The molecule has 3 aromatic rings. The van der Waals surface area contributed by atoms with E-state index in [0.717, 1.165) is 33.8 Å². The van der Waals surface area contributed by atoms with Gasteiger partial charge in [-0.25, -0.2) is 0 Å². The molecule has 5 heteroatoms. The quantitative estimate of drug-likeness (QED) is 0.649. The number of aryl methyl sites for hydroxylation is 1. The lowest BCUT2D eigenvalue weighted by Gasteiger charge is -2.16. The number of hydrogen-bond acceptors (Lipinski definition) is 3. The van der Waals surface area contributed by atoms with Crippen molar-refractivity contribution in [3.05, 3.63) is 56.3 Å². The van der Waals surface area contributed by atoms with Crippen LogP contribution in [0, 0.1) is 0 Å². The lowest BCUT2D eigenvalue weighted by molar-refractivity contribution is 0.763. The third-order valence-corrected chi connectivity index (χ3v) is 5.54. The van der Waals surface area contributed by atoms with E-state index < -0.39 is 0 Å². The van der Waals surface area contributed by atoms with Crippen molar-refractivity contribution in [2.24, 2.45) is 0 Å². The highest BCUT2D eigenvalue weighted by Crippen LogP contribution is 2.42. The fraction of sp³-hybridized carbons (Fsp3) is 0.188. The summed E-state index contributed by atoms with van der Waals surface area (Å²) in [7, 11) is 0. The Morgan fingerprint density at radius 2 is 2.14 bits per heavy atom. The topological polar surface area (TPSA) is 24.9 Å². The van der Waals surface area contributed by atoms with Crippen LogP contribution in [0.5, 0.6) is 0 Å². The van der Waals surface area contributed by atoms with Gasteiger partial charge in [0.1, 0.15) is 0 Å². The molecule has 1 aromatic carbocycles. The molecular formula is C16H12Cl2N2S. The van der Waals surface area contributed by atoms with Gasteiger partial charge in [0, 0.05) is 22.1 Å². The monoisotopic (exact) mass is 334 g/mol. The van der Waals surface area contributed by atoms with E-state index in [9.17, 15) is 0 Å². The molecule has 1 aliphatic carbocycles. The first kappa shape index (κ1) is 13.4. The first-order chi connectivity index (χ1) is 10.2. The highest BCUT2D eigenvalue weighted by atomic mass is 35.5. The van der Waals surface area contributed by atoms with Crippen molar-refractivity contribution in [1.82, 2.24) is 4.98 Å². The molecule has 0 saturated heterocycles. The van der Waals surface area contributed by atoms with Gasteiger partial charge in [-0.2, -0.15) is 0 Å². The Balaban J connectivity index is 1.74. The Bertz CT molecular complexity index is 828. The fourth-order valence-electron chi connectivity index (χ4n) is 2.93. The van der Waals surface area contributed by atoms with Crippen LogP contribution in [-0.2, 0) is 6.42 Å². The molecule has 1 atom stereocenters. The summed E-state index contributed by atoms with van der Waals surface area (Å²) in [6.07, 6.45) is 3.96. The van der Waals surface area contributed by atoms with E-state index in [-0.39, 0.29) is 0 Å². The van der Waals surface area contributed by atoms with E-state index in [0.29, 0.717) is 11.1 Å². The average Bonchev–Trinajstić information content (AvgIpc) is 3.02. The molecule has 2 nitrogen and oxygen atoms in total. The van der Waals surface area contributed by atoms with Crippen molar-refractivity contribution in [2.45, 2.75) is 18.9 Å². The molecular weight excluding hydrogens is 323 g/mol. The third kappa shape index (κ3) is 2.30. The van der Waals surface area contributed by atoms with E-state index in [4.69, 9.17) is 23.2 Å². The van der Waals surface area contributed by atoms with Gasteiger partial charge in [0.15, 0.2) is 0 Å². The highest BCUT2D eigenvalue weighted by molar-refractivity contribution is 7.16. The van der Waals surface area contributed by atoms with Gasteiger partial charge in [0.2, 0.25) is 0 Å². The largest absolute Gasteiger partial charge is 0.378 e. The van der Waals surface area contributed by atoms with Crippen LogP contribution in [0.4, 0.5) is 5.69 Å². The van der Waals surface area contributed by atoms with Crippen molar-refractivity contribution in [2.75, 3.05) is 5.32 Å². The maximum absolute atomic E-state index is 6.22. The first-order valence-corrected chi connectivity index (χ1v) is 8.37. The van der Waals surface area contributed by atoms with Crippen LogP contribution in [0.3, 0.4) is 0 Å². The smallest absolute Gasteiger partial charge is 0.0934 e. The van der Waals surface area contributed by atoms with Crippen molar-refractivity contribution in [1.29, 1.82) is 0 Å². The first-order valence-electron chi connectivity index (χ1n) is 6.80. The Hall–Kier alpha value is -1.29. The minimum Gasteiger partial charge on any atom is -0.378 e. The number of hydrogen-bond donors (Lipinski definition) is 1. The number of anilines is 1. The van der Waals surface area contributed by atoms with E-state index >= 15 is 0 Å². The molecule has 0 aliphatic heterocycles. The molecule has 1 N–H and O–H groups in total. The molecule has 21 heavy (non-hydrogen) atoms. The number of nitrogens with zero attached hydrogens (tertiary/aromatic N) is 1. The summed E-state index contributed by atoms with van der Waals surface area (Å²) in [6.45, 7) is 0. The fourth-order valence-corrected chi connectivity index (χ4v) is 4.50. The van der Waals surface area contributed by atoms with Crippen molar-refractivity contribution < 1.29 is 0 Å². The van der Waals surface area contributed by atoms with Crippen LogP contribution in [0.25, 0.3) is 10.9 Å². The van der Waals surface area contributed by atoms with Crippen LogP contribution in [0.2, 0.25) is 9.36 Å². The number of halogens is 2. The predicted octanol–water partition coefficient (Wildman–Crippen LogP) is 5.70. The van der Waals surface area contributed by atoms with Crippen LogP contribution in [-0.4, -0.2) is 4.98 Å². The van der Waals surface area contributed by atoms with Crippen LogP contribution < -0.4 is 5.32 Å². The van der Waals surface area contributed by atoms with Crippen LogP contribution in [0.1, 0.15) is 22.9 Å². The van der Waals surface area contributed by atoms with Gasteiger partial charge in [0.25, 0.3) is 0 Å². The standard InChI is InChI=1S/C16H12Cl2N2S/c17-11-3-4-12(9-2-1-7-19-16(9)11)20-13-5-6-14-10(13)8-15(18)21-14/h1-4,7-8,13,20H,5-6H2. The summed E-state index contributed by atoms with van der Waals surface area (Å²) >= 11 is 14.0. The maximum Gasteiger partial charge on any atom is 0.0934 e. The van der Waals surface area contributed by atoms with E-state index in [1.54, 1.807) is 17.5 Å². The second-order valence-electron chi connectivity index (χ2n) is 5.16. The number of fused-ring (bicyclic) bond motifs is 2. The van der Waals surface area contributed by atoms with Gasteiger partial charge in [-0.1, -0.05) is 23.2 Å². The summed E-state index contributed by atoms with van der Waals surface area (Å²) in [5, 5.41) is 5.37. The molecule has 2 heterocycles. The predicted molar refractivity (Wildman–Crippen MR) is 90.8 cm³/mol. The Morgan fingerprint density at radius 1 is 1.24 bits per heavy atom. The Kier molecular flexibility index (Phi) is 3.29. The minimum absolute atomic E-state index is 0.313. The number of rotatable bonds is 2. The van der Waals surface area contributed by atoms with Gasteiger partial charge in [-0.15, -0.1) is 11.3 Å². The summed E-state index contributed by atoms with van der Waals surface area (Å²) in [6, 6.07) is 10.3. The molecule has 106 valence electrons. The van der Waals surface area contributed by atoms with E-state index in [1.807, 2.05) is 24.3 Å². The van der Waals surface area contributed by atoms with Gasteiger partial charge >= 0.3 is 0 Å². The number of thiophene rings is 1. The summed E-state index contributed by atoms with van der Waals surface area (Å²) < 4.78 is 0.870. The highest BCUT2D eigenvalue weighted by Gasteiger charge is 2.25. The van der Waals surface area contributed by atoms with E-state index in [1.165, 1.54) is 10.4 Å².